The van der Waals surface area contributed by atoms with Crippen molar-refractivity contribution in [1.29, 1.82) is 5.26 Å². The predicted octanol–water partition coefficient (Wildman–Crippen LogP) is 1.49. The maximum Gasteiger partial charge on any atom is 0.311 e. The zero-order chi connectivity index (χ0) is 15.4. The molecule has 0 saturated heterocycles. The van der Waals surface area contributed by atoms with Crippen LogP contribution in [0.25, 0.3) is 0 Å². The Morgan fingerprint density at radius 1 is 1.57 bits per heavy atom. The third-order valence-electron chi connectivity index (χ3n) is 3.34. The van der Waals surface area contributed by atoms with Crippen LogP contribution in [0.15, 0.2) is 11.5 Å². The third-order valence-corrected chi connectivity index (χ3v) is 3.34. The Labute approximate surface area is 122 Å². The molecule has 2 rings (SSSR count). The molecule has 2 heterocycles. The Morgan fingerprint density at radius 3 is 2.95 bits per heavy atom. The Morgan fingerprint density at radius 2 is 2.33 bits per heavy atom. The van der Waals surface area contributed by atoms with Gasteiger partial charge in [0, 0.05) is 11.5 Å². The molecule has 0 aromatic carbocycles. The van der Waals surface area contributed by atoms with Crippen molar-refractivity contribution in [3.8, 4) is 11.9 Å². The smallest absolute Gasteiger partial charge is 0.311 e. The highest BCUT2D eigenvalue weighted by molar-refractivity contribution is 5.73. The first-order valence-corrected chi connectivity index (χ1v) is 6.92. The van der Waals surface area contributed by atoms with Crippen LogP contribution in [0.3, 0.4) is 0 Å². The molecule has 0 fully saturated rings. The average Bonchev–Trinajstić information content (AvgIpc) is 2.82. The summed E-state index contributed by atoms with van der Waals surface area (Å²) >= 11 is 0. The van der Waals surface area contributed by atoms with Gasteiger partial charge in [-0.15, -0.1) is 5.10 Å². The number of ether oxygens (including phenoxy) is 2. The Hall–Kier alpha value is -2.49. The Bertz CT molecular complexity index is 612. The van der Waals surface area contributed by atoms with Crippen LogP contribution in [0, 0.1) is 11.3 Å². The number of aromatic nitrogens is 2. The molecule has 0 unspecified atom stereocenters. The van der Waals surface area contributed by atoms with Gasteiger partial charge in [-0.2, -0.15) is 5.26 Å². The molecule has 0 bridgehead atoms. The molecule has 7 nitrogen and oxygen atoms in total. The number of nitriles is 1. The first-order valence-electron chi connectivity index (χ1n) is 6.92. The normalized spacial score (nSPS) is 16.9. The van der Waals surface area contributed by atoms with Crippen molar-refractivity contribution in [3.05, 3.63) is 22.7 Å². The lowest BCUT2D eigenvalue weighted by molar-refractivity contribution is -0.142. The number of allylic oxidation sites excluding steroid dienone is 1. The number of hydrogen-bond donors (Lipinski definition) is 2. The van der Waals surface area contributed by atoms with Gasteiger partial charge in [0.15, 0.2) is 0 Å². The van der Waals surface area contributed by atoms with E-state index in [1.807, 2.05) is 6.92 Å². The molecule has 21 heavy (non-hydrogen) atoms. The molecule has 1 aromatic rings. The summed E-state index contributed by atoms with van der Waals surface area (Å²) in [5, 5.41) is 16.1. The summed E-state index contributed by atoms with van der Waals surface area (Å²) < 4.78 is 10.3. The first kappa shape index (κ1) is 14.9. The van der Waals surface area contributed by atoms with Crippen LogP contribution in [0.2, 0.25) is 0 Å². The number of fused-ring (bicyclic) bond motifs is 1. The number of hydrogen-bond acceptors (Lipinski definition) is 6. The lowest BCUT2D eigenvalue weighted by Gasteiger charge is -2.23. The molecule has 0 saturated carbocycles. The monoisotopic (exact) mass is 290 g/mol. The quantitative estimate of drug-likeness (QED) is 0.794. The first-order chi connectivity index (χ1) is 10.1. The number of aromatic amines is 1. The van der Waals surface area contributed by atoms with Gasteiger partial charge < -0.3 is 15.2 Å². The van der Waals surface area contributed by atoms with Crippen LogP contribution in [-0.2, 0) is 16.0 Å². The molecular formula is C14H18N4O3. The highest BCUT2D eigenvalue weighted by atomic mass is 16.5. The van der Waals surface area contributed by atoms with E-state index >= 15 is 0 Å². The van der Waals surface area contributed by atoms with Crippen LogP contribution in [0.5, 0.6) is 5.88 Å². The fourth-order valence-corrected chi connectivity index (χ4v) is 2.48. The van der Waals surface area contributed by atoms with Gasteiger partial charge in [0.05, 0.1) is 24.3 Å². The summed E-state index contributed by atoms with van der Waals surface area (Å²) in [6.07, 6.45) is 1.67. The fourth-order valence-electron chi connectivity index (χ4n) is 2.48. The summed E-state index contributed by atoms with van der Waals surface area (Å²) in [4.78, 5) is 11.7. The third kappa shape index (κ3) is 2.84. The van der Waals surface area contributed by atoms with Gasteiger partial charge in [-0.3, -0.25) is 9.89 Å². The fraction of sp³-hybridized carbons (Fsp3) is 0.500. The number of carbonyl (C=O) groups is 1. The summed E-state index contributed by atoms with van der Waals surface area (Å²) in [6, 6.07) is 2.10. The molecule has 1 aliphatic rings. The van der Waals surface area contributed by atoms with Crippen molar-refractivity contribution in [2.45, 2.75) is 39.0 Å². The molecule has 0 radical (unpaired) electrons. The van der Waals surface area contributed by atoms with Gasteiger partial charge in [0.25, 0.3) is 0 Å². The topological polar surface area (TPSA) is 114 Å². The molecule has 7 heteroatoms. The van der Waals surface area contributed by atoms with Gasteiger partial charge in [-0.1, -0.05) is 13.3 Å². The summed E-state index contributed by atoms with van der Waals surface area (Å²) in [5.74, 6) is -0.131. The van der Waals surface area contributed by atoms with E-state index in [2.05, 4.69) is 16.3 Å². The minimum atomic E-state index is -0.347. The molecule has 3 N–H and O–H groups in total. The zero-order valence-corrected chi connectivity index (χ0v) is 12.1. The van der Waals surface area contributed by atoms with Crippen LogP contribution in [0.4, 0.5) is 0 Å². The number of H-pyrrole nitrogens is 1. The lowest BCUT2D eigenvalue weighted by atomic mass is 9.86. The van der Waals surface area contributed by atoms with Gasteiger partial charge >= 0.3 is 5.97 Å². The number of nitrogens with two attached hydrogens (primary N) is 1. The van der Waals surface area contributed by atoms with E-state index in [1.165, 1.54) is 0 Å². The largest absolute Gasteiger partial charge is 0.466 e. The highest BCUT2D eigenvalue weighted by Crippen LogP contribution is 2.41. The van der Waals surface area contributed by atoms with Crippen LogP contribution in [-0.4, -0.2) is 22.8 Å². The summed E-state index contributed by atoms with van der Waals surface area (Å²) in [7, 11) is 0. The van der Waals surface area contributed by atoms with Gasteiger partial charge in [0.1, 0.15) is 6.07 Å². The lowest BCUT2D eigenvalue weighted by Crippen LogP contribution is -2.21. The minimum Gasteiger partial charge on any atom is -0.466 e. The second-order valence-corrected chi connectivity index (χ2v) is 4.74. The second kappa shape index (κ2) is 6.31. The van der Waals surface area contributed by atoms with E-state index in [4.69, 9.17) is 15.2 Å². The van der Waals surface area contributed by atoms with Crippen LogP contribution in [0.1, 0.15) is 43.9 Å². The van der Waals surface area contributed by atoms with Crippen molar-refractivity contribution in [3.63, 3.8) is 0 Å². The highest BCUT2D eigenvalue weighted by Gasteiger charge is 2.33. The van der Waals surface area contributed by atoms with E-state index in [0.29, 0.717) is 23.8 Å². The van der Waals surface area contributed by atoms with E-state index in [1.54, 1.807) is 6.92 Å². The van der Waals surface area contributed by atoms with E-state index < -0.39 is 0 Å². The average molecular weight is 290 g/mol. The molecule has 112 valence electrons. The minimum absolute atomic E-state index is 0.0678. The van der Waals surface area contributed by atoms with Crippen LogP contribution < -0.4 is 10.5 Å². The number of esters is 1. The van der Waals surface area contributed by atoms with Gasteiger partial charge in [0.2, 0.25) is 11.8 Å². The number of carbonyl (C=O) groups excluding carboxylic acids is 1. The zero-order valence-electron chi connectivity index (χ0n) is 12.1. The maximum atomic E-state index is 11.7. The second-order valence-electron chi connectivity index (χ2n) is 4.74. The molecule has 1 atom stereocenters. The molecule has 1 aromatic heterocycles. The maximum absolute atomic E-state index is 11.7. The molecule has 1 aliphatic heterocycles. The predicted molar refractivity (Wildman–Crippen MR) is 74.0 cm³/mol. The van der Waals surface area contributed by atoms with Gasteiger partial charge in [-0.05, 0) is 13.3 Å². The Kier molecular flexibility index (Phi) is 4.48. The standard InChI is InChI=1S/C14H18N4O3/c1-3-5-8-9(7-15)13(16)21-14-12(8)10(17-18-14)6-11(19)20-4-2/h8H,3-6,16H2,1-2H3,(H,17,18)/t8-/m1/s1. The van der Waals surface area contributed by atoms with E-state index in [0.717, 1.165) is 18.4 Å². The van der Waals surface area contributed by atoms with Crippen molar-refractivity contribution >= 4 is 5.97 Å². The van der Waals surface area contributed by atoms with E-state index in [9.17, 15) is 10.1 Å². The van der Waals surface area contributed by atoms with Crippen molar-refractivity contribution < 1.29 is 14.3 Å². The van der Waals surface area contributed by atoms with E-state index in [-0.39, 0.29) is 24.2 Å². The molecular weight excluding hydrogens is 272 g/mol. The van der Waals surface area contributed by atoms with Crippen molar-refractivity contribution in [2.24, 2.45) is 5.73 Å². The molecule has 0 aliphatic carbocycles. The van der Waals surface area contributed by atoms with Crippen molar-refractivity contribution in [1.82, 2.24) is 10.2 Å². The Balaban J connectivity index is 2.37. The number of nitrogens with one attached hydrogen (secondary N) is 1. The van der Waals surface area contributed by atoms with Crippen LogP contribution >= 0.6 is 0 Å². The number of rotatable bonds is 5. The number of nitrogens with zero attached hydrogens (tertiary/aromatic N) is 2. The summed E-state index contributed by atoms with van der Waals surface area (Å²) in [6.45, 7) is 4.09. The molecule has 0 amide bonds. The SMILES string of the molecule is CCC[C@@H]1C(C#N)=C(N)Oc2n[nH]c(CC(=O)OCC)c21. The van der Waals surface area contributed by atoms with Gasteiger partial charge in [-0.25, -0.2) is 0 Å². The van der Waals surface area contributed by atoms with Crippen molar-refractivity contribution in [2.75, 3.05) is 6.61 Å². The summed E-state index contributed by atoms with van der Waals surface area (Å²) in [5.41, 5.74) is 7.50. The molecule has 0 spiro atoms.